The average molecular weight is 338 g/mol. The van der Waals surface area contributed by atoms with E-state index in [1.165, 1.54) is 0 Å². The van der Waals surface area contributed by atoms with Gasteiger partial charge in [0.2, 0.25) is 11.8 Å². The lowest BCUT2D eigenvalue weighted by Gasteiger charge is -2.39. The molecule has 2 heterocycles. The Kier molecular flexibility index (Phi) is 7.04. The van der Waals surface area contributed by atoms with E-state index >= 15 is 0 Å². The van der Waals surface area contributed by atoms with Gasteiger partial charge in [-0.15, -0.1) is 0 Å². The SMILES string of the molecule is CC(C)NC(=O)CN1CCN(C(=O)C2CCN(C(C)C)CC2)CC1. The molecule has 6 heteroatoms. The summed E-state index contributed by atoms with van der Waals surface area (Å²) in [5, 5.41) is 2.92. The third kappa shape index (κ3) is 5.45. The fourth-order valence-electron chi connectivity index (χ4n) is 3.62. The van der Waals surface area contributed by atoms with Crippen LogP contribution >= 0.6 is 0 Å². The molecule has 6 nitrogen and oxygen atoms in total. The highest BCUT2D eigenvalue weighted by molar-refractivity contribution is 5.79. The smallest absolute Gasteiger partial charge is 0.234 e. The molecule has 0 atom stereocenters. The van der Waals surface area contributed by atoms with Crippen LogP contribution in [0.2, 0.25) is 0 Å². The van der Waals surface area contributed by atoms with Crippen molar-refractivity contribution in [3.05, 3.63) is 0 Å². The van der Waals surface area contributed by atoms with Crippen LogP contribution in [0, 0.1) is 5.92 Å². The summed E-state index contributed by atoms with van der Waals surface area (Å²) in [5.41, 5.74) is 0. The number of piperidine rings is 1. The maximum absolute atomic E-state index is 12.7. The third-order valence-electron chi connectivity index (χ3n) is 5.11. The van der Waals surface area contributed by atoms with E-state index in [0.29, 0.717) is 18.5 Å². The molecular weight excluding hydrogens is 304 g/mol. The maximum Gasteiger partial charge on any atom is 0.234 e. The molecule has 0 bridgehead atoms. The van der Waals surface area contributed by atoms with Crippen LogP contribution in [0.4, 0.5) is 0 Å². The maximum atomic E-state index is 12.7. The molecule has 138 valence electrons. The Bertz CT molecular complexity index is 423. The molecule has 0 saturated carbocycles. The molecule has 0 unspecified atom stereocenters. The lowest BCUT2D eigenvalue weighted by molar-refractivity contribution is -0.139. The predicted octanol–water partition coefficient (Wildman–Crippen LogP) is 0.776. The highest BCUT2D eigenvalue weighted by Gasteiger charge is 2.31. The molecule has 0 aromatic heterocycles. The summed E-state index contributed by atoms with van der Waals surface area (Å²) in [6.07, 6.45) is 1.96. The Labute approximate surface area is 146 Å². The van der Waals surface area contributed by atoms with Crippen molar-refractivity contribution in [2.75, 3.05) is 45.8 Å². The number of nitrogens with one attached hydrogen (secondary N) is 1. The van der Waals surface area contributed by atoms with Crippen molar-refractivity contribution in [1.29, 1.82) is 0 Å². The molecule has 2 amide bonds. The van der Waals surface area contributed by atoms with E-state index in [-0.39, 0.29) is 17.9 Å². The minimum atomic E-state index is 0.0748. The lowest BCUT2D eigenvalue weighted by atomic mass is 9.94. The number of likely N-dealkylation sites (tertiary alicyclic amines) is 1. The van der Waals surface area contributed by atoms with Gasteiger partial charge in [-0.2, -0.15) is 0 Å². The van der Waals surface area contributed by atoms with Gasteiger partial charge in [0.15, 0.2) is 0 Å². The fourth-order valence-corrected chi connectivity index (χ4v) is 3.62. The van der Waals surface area contributed by atoms with Gasteiger partial charge in [0, 0.05) is 44.2 Å². The van der Waals surface area contributed by atoms with Crippen LogP contribution in [0.1, 0.15) is 40.5 Å². The minimum absolute atomic E-state index is 0.0748. The molecule has 2 aliphatic heterocycles. The molecule has 1 N–H and O–H groups in total. The molecule has 0 aromatic rings. The Morgan fingerprint density at radius 2 is 1.54 bits per heavy atom. The summed E-state index contributed by atoms with van der Waals surface area (Å²) < 4.78 is 0. The summed E-state index contributed by atoms with van der Waals surface area (Å²) in [6, 6.07) is 0.749. The second kappa shape index (κ2) is 8.81. The van der Waals surface area contributed by atoms with Crippen molar-refractivity contribution >= 4 is 11.8 Å². The van der Waals surface area contributed by atoms with E-state index < -0.39 is 0 Å². The Hall–Kier alpha value is -1.14. The molecule has 2 saturated heterocycles. The highest BCUT2D eigenvalue weighted by Crippen LogP contribution is 2.21. The van der Waals surface area contributed by atoms with Gasteiger partial charge in [-0.25, -0.2) is 0 Å². The van der Waals surface area contributed by atoms with Crippen LogP contribution in [0.5, 0.6) is 0 Å². The first-order valence-electron chi connectivity index (χ1n) is 9.41. The number of hydrogen-bond donors (Lipinski definition) is 1. The summed E-state index contributed by atoms with van der Waals surface area (Å²) >= 11 is 0. The van der Waals surface area contributed by atoms with Gasteiger partial charge >= 0.3 is 0 Å². The van der Waals surface area contributed by atoms with E-state index in [4.69, 9.17) is 0 Å². The summed E-state index contributed by atoms with van der Waals surface area (Å²) in [4.78, 5) is 31.1. The van der Waals surface area contributed by atoms with Crippen molar-refractivity contribution in [3.63, 3.8) is 0 Å². The lowest BCUT2D eigenvalue weighted by Crippen LogP contribution is -2.53. The monoisotopic (exact) mass is 338 g/mol. The standard InChI is InChI=1S/C18H34N4O2/c1-14(2)19-17(23)13-20-9-11-22(12-10-20)18(24)16-5-7-21(8-6-16)15(3)4/h14-16H,5-13H2,1-4H3,(H,19,23). The molecule has 0 radical (unpaired) electrons. The van der Waals surface area contributed by atoms with Crippen molar-refractivity contribution in [2.24, 2.45) is 5.92 Å². The van der Waals surface area contributed by atoms with Crippen molar-refractivity contribution in [3.8, 4) is 0 Å². The quantitative estimate of drug-likeness (QED) is 0.805. The molecular formula is C18H34N4O2. The van der Waals surface area contributed by atoms with Gasteiger partial charge in [-0.3, -0.25) is 14.5 Å². The zero-order valence-electron chi connectivity index (χ0n) is 15.8. The van der Waals surface area contributed by atoms with Gasteiger partial charge in [0.1, 0.15) is 0 Å². The first kappa shape index (κ1) is 19.2. The van der Waals surface area contributed by atoms with Gasteiger partial charge in [0.05, 0.1) is 6.54 Å². The molecule has 2 aliphatic rings. The highest BCUT2D eigenvalue weighted by atomic mass is 16.2. The van der Waals surface area contributed by atoms with Crippen LogP contribution in [0.3, 0.4) is 0 Å². The van der Waals surface area contributed by atoms with E-state index in [2.05, 4.69) is 29.0 Å². The fraction of sp³-hybridized carbons (Fsp3) is 0.889. The van der Waals surface area contributed by atoms with Crippen LogP contribution in [-0.4, -0.2) is 84.4 Å². The van der Waals surface area contributed by atoms with Crippen LogP contribution in [-0.2, 0) is 9.59 Å². The number of nitrogens with zero attached hydrogens (tertiary/aromatic N) is 3. The van der Waals surface area contributed by atoms with Crippen molar-refractivity contribution < 1.29 is 9.59 Å². The van der Waals surface area contributed by atoms with Crippen LogP contribution in [0.25, 0.3) is 0 Å². The van der Waals surface area contributed by atoms with E-state index in [9.17, 15) is 9.59 Å². The molecule has 2 rings (SSSR count). The van der Waals surface area contributed by atoms with Gasteiger partial charge in [-0.05, 0) is 53.6 Å². The number of piperazine rings is 1. The first-order chi connectivity index (χ1) is 11.4. The Morgan fingerprint density at radius 1 is 0.958 bits per heavy atom. The first-order valence-corrected chi connectivity index (χ1v) is 9.41. The van der Waals surface area contributed by atoms with E-state index in [1.807, 2.05) is 18.7 Å². The van der Waals surface area contributed by atoms with Crippen LogP contribution < -0.4 is 5.32 Å². The minimum Gasteiger partial charge on any atom is -0.353 e. The molecule has 0 aromatic carbocycles. The Balaban J connectivity index is 1.72. The number of carbonyl (C=O) groups is 2. The largest absolute Gasteiger partial charge is 0.353 e. The number of amides is 2. The number of rotatable bonds is 5. The number of carbonyl (C=O) groups excluding carboxylic acids is 2. The zero-order chi connectivity index (χ0) is 17.7. The second-order valence-corrected chi connectivity index (χ2v) is 7.73. The van der Waals surface area contributed by atoms with Gasteiger partial charge in [-0.1, -0.05) is 0 Å². The van der Waals surface area contributed by atoms with Crippen molar-refractivity contribution in [1.82, 2.24) is 20.0 Å². The second-order valence-electron chi connectivity index (χ2n) is 7.73. The normalized spacial score (nSPS) is 21.5. The summed E-state index contributed by atoms with van der Waals surface area (Å²) in [5.74, 6) is 0.589. The summed E-state index contributed by atoms with van der Waals surface area (Å²) in [6.45, 7) is 14.0. The third-order valence-corrected chi connectivity index (χ3v) is 5.11. The van der Waals surface area contributed by atoms with Gasteiger partial charge in [0.25, 0.3) is 0 Å². The molecule has 0 aliphatic carbocycles. The van der Waals surface area contributed by atoms with Crippen LogP contribution in [0.15, 0.2) is 0 Å². The zero-order valence-corrected chi connectivity index (χ0v) is 15.8. The van der Waals surface area contributed by atoms with E-state index in [0.717, 1.165) is 52.1 Å². The summed E-state index contributed by atoms with van der Waals surface area (Å²) in [7, 11) is 0. The molecule has 0 spiro atoms. The van der Waals surface area contributed by atoms with Crippen molar-refractivity contribution in [2.45, 2.75) is 52.6 Å². The Morgan fingerprint density at radius 3 is 2.04 bits per heavy atom. The predicted molar refractivity (Wildman–Crippen MR) is 95.7 cm³/mol. The van der Waals surface area contributed by atoms with E-state index in [1.54, 1.807) is 0 Å². The average Bonchev–Trinajstić information content (AvgIpc) is 2.54. The van der Waals surface area contributed by atoms with Gasteiger partial charge < -0.3 is 15.1 Å². The molecule has 24 heavy (non-hydrogen) atoms. The topological polar surface area (TPSA) is 55.9 Å². The number of hydrogen-bond acceptors (Lipinski definition) is 4. The molecule has 2 fully saturated rings.